The van der Waals surface area contributed by atoms with Crippen LogP contribution in [0, 0.1) is 13.8 Å². The summed E-state index contributed by atoms with van der Waals surface area (Å²) in [5, 5.41) is 0. The Bertz CT molecular complexity index is 977. The van der Waals surface area contributed by atoms with Gasteiger partial charge >= 0.3 is 0 Å². The minimum atomic E-state index is -0.0159. The van der Waals surface area contributed by atoms with Gasteiger partial charge in [-0.2, -0.15) is 0 Å². The molecule has 2 saturated heterocycles. The lowest BCUT2D eigenvalue weighted by atomic mass is 10.0. The molecular formula is C25H32N4O3. The number of hydrogen-bond donors (Lipinski definition) is 0. The summed E-state index contributed by atoms with van der Waals surface area (Å²) in [6, 6.07) is 7.39. The molecule has 2 aliphatic rings. The van der Waals surface area contributed by atoms with E-state index < -0.39 is 0 Å². The highest BCUT2D eigenvalue weighted by molar-refractivity contribution is 5.97. The van der Waals surface area contributed by atoms with Crippen LogP contribution in [0.3, 0.4) is 0 Å². The summed E-state index contributed by atoms with van der Waals surface area (Å²) < 4.78 is 5.64. The lowest BCUT2D eigenvalue weighted by Gasteiger charge is -2.19. The van der Waals surface area contributed by atoms with Gasteiger partial charge in [-0.25, -0.2) is 9.97 Å². The van der Waals surface area contributed by atoms with E-state index in [0.717, 1.165) is 55.1 Å². The third kappa shape index (κ3) is 4.61. The Morgan fingerprint density at radius 3 is 2.41 bits per heavy atom. The number of aromatic nitrogens is 2. The first kappa shape index (κ1) is 22.2. The summed E-state index contributed by atoms with van der Waals surface area (Å²) in [5.41, 5.74) is 3.26. The molecule has 0 N–H and O–H groups in total. The lowest BCUT2D eigenvalue weighted by Crippen LogP contribution is -2.30. The van der Waals surface area contributed by atoms with Crippen molar-refractivity contribution >= 4 is 11.8 Å². The van der Waals surface area contributed by atoms with Gasteiger partial charge in [0.15, 0.2) is 0 Å². The molecule has 1 aromatic carbocycles. The summed E-state index contributed by atoms with van der Waals surface area (Å²) in [5.74, 6) is 1.64. The van der Waals surface area contributed by atoms with Gasteiger partial charge in [0.05, 0.1) is 18.6 Å². The zero-order valence-electron chi connectivity index (χ0n) is 19.3. The molecule has 0 aliphatic carbocycles. The van der Waals surface area contributed by atoms with E-state index in [9.17, 15) is 9.59 Å². The molecule has 32 heavy (non-hydrogen) atoms. The molecule has 7 nitrogen and oxygen atoms in total. The maximum absolute atomic E-state index is 13.1. The number of likely N-dealkylation sites (tertiary alicyclic amines) is 2. The van der Waals surface area contributed by atoms with Crippen molar-refractivity contribution < 1.29 is 14.3 Å². The molecule has 2 aliphatic heterocycles. The number of rotatable bonds is 6. The molecule has 2 amide bonds. The smallest absolute Gasteiger partial charge is 0.257 e. The monoisotopic (exact) mass is 436 g/mol. The van der Waals surface area contributed by atoms with Crippen LogP contribution in [-0.2, 0) is 11.2 Å². The molecule has 0 saturated carbocycles. The van der Waals surface area contributed by atoms with E-state index in [4.69, 9.17) is 14.7 Å². The van der Waals surface area contributed by atoms with Crippen LogP contribution in [0.15, 0.2) is 24.3 Å². The van der Waals surface area contributed by atoms with E-state index in [-0.39, 0.29) is 17.7 Å². The Morgan fingerprint density at radius 1 is 1.03 bits per heavy atom. The zero-order valence-corrected chi connectivity index (χ0v) is 19.3. The van der Waals surface area contributed by atoms with E-state index in [1.807, 2.05) is 54.8 Å². The Hall–Kier alpha value is -2.96. The van der Waals surface area contributed by atoms with Gasteiger partial charge in [0.25, 0.3) is 5.91 Å². The second-order valence-electron chi connectivity index (χ2n) is 8.66. The molecule has 3 heterocycles. The summed E-state index contributed by atoms with van der Waals surface area (Å²) in [6.07, 6.45) is 3.37. The fourth-order valence-corrected chi connectivity index (χ4v) is 4.68. The van der Waals surface area contributed by atoms with Crippen LogP contribution in [0.4, 0.5) is 0 Å². The van der Waals surface area contributed by atoms with Crippen molar-refractivity contribution in [1.82, 2.24) is 19.8 Å². The zero-order chi connectivity index (χ0) is 22.7. The molecule has 170 valence electrons. The number of nitrogens with zero attached hydrogens (tertiary/aromatic N) is 4. The van der Waals surface area contributed by atoms with Crippen molar-refractivity contribution in [2.75, 3.05) is 32.8 Å². The highest BCUT2D eigenvalue weighted by atomic mass is 16.5. The highest BCUT2D eigenvalue weighted by Crippen LogP contribution is 2.29. The number of carbonyl (C=O) groups is 2. The standard InChI is InChI=1S/C25H32N4O3/c1-4-32-22-10-6-5-9-20(22)25(31)29-14-11-19(16-29)24-26-17(2)21(18(3)27-24)15-23(30)28-12-7-8-13-28/h5-6,9-10,19H,4,7-8,11-16H2,1-3H3. The number of ether oxygens (including phenoxy) is 1. The van der Waals surface area contributed by atoms with Gasteiger partial charge in [-0.15, -0.1) is 0 Å². The first-order valence-electron chi connectivity index (χ1n) is 11.6. The van der Waals surface area contributed by atoms with Crippen molar-refractivity contribution in [3.63, 3.8) is 0 Å². The summed E-state index contributed by atoms with van der Waals surface area (Å²) in [7, 11) is 0. The number of carbonyl (C=O) groups excluding carboxylic acids is 2. The van der Waals surface area contributed by atoms with Crippen molar-refractivity contribution in [3.05, 3.63) is 52.6 Å². The Balaban J connectivity index is 1.46. The molecule has 2 aromatic rings. The predicted molar refractivity (Wildman–Crippen MR) is 122 cm³/mol. The highest BCUT2D eigenvalue weighted by Gasteiger charge is 2.31. The average molecular weight is 437 g/mol. The molecule has 1 unspecified atom stereocenters. The molecule has 1 atom stereocenters. The first-order valence-corrected chi connectivity index (χ1v) is 11.6. The van der Waals surface area contributed by atoms with Crippen molar-refractivity contribution in [2.45, 2.75) is 52.4 Å². The van der Waals surface area contributed by atoms with Gasteiger partial charge in [0.1, 0.15) is 11.6 Å². The van der Waals surface area contributed by atoms with Crippen LogP contribution in [0.2, 0.25) is 0 Å². The van der Waals surface area contributed by atoms with Gasteiger partial charge in [0.2, 0.25) is 5.91 Å². The SMILES string of the molecule is CCOc1ccccc1C(=O)N1CCC(c2nc(C)c(CC(=O)N3CCCC3)c(C)n2)C1. The fourth-order valence-electron chi connectivity index (χ4n) is 4.68. The van der Waals surface area contributed by atoms with Crippen LogP contribution in [0.5, 0.6) is 5.75 Å². The molecule has 1 aromatic heterocycles. The van der Waals surface area contributed by atoms with Gasteiger partial charge in [-0.1, -0.05) is 12.1 Å². The second kappa shape index (κ2) is 9.67. The van der Waals surface area contributed by atoms with E-state index in [1.54, 1.807) is 0 Å². The topological polar surface area (TPSA) is 75.6 Å². The third-order valence-corrected chi connectivity index (χ3v) is 6.48. The molecule has 2 fully saturated rings. The Labute approximate surface area is 189 Å². The molecule has 0 spiro atoms. The minimum absolute atomic E-state index is 0.0159. The van der Waals surface area contributed by atoms with Crippen LogP contribution < -0.4 is 4.74 Å². The van der Waals surface area contributed by atoms with Gasteiger partial charge in [0, 0.05) is 49.0 Å². The van der Waals surface area contributed by atoms with Crippen molar-refractivity contribution in [3.8, 4) is 5.75 Å². The largest absolute Gasteiger partial charge is 0.493 e. The minimum Gasteiger partial charge on any atom is -0.493 e. The summed E-state index contributed by atoms with van der Waals surface area (Å²) >= 11 is 0. The summed E-state index contributed by atoms with van der Waals surface area (Å²) in [6.45, 7) is 9.32. The number of hydrogen-bond acceptors (Lipinski definition) is 5. The molecule has 0 bridgehead atoms. The van der Waals surface area contributed by atoms with Crippen LogP contribution in [0.1, 0.15) is 65.2 Å². The van der Waals surface area contributed by atoms with Gasteiger partial charge < -0.3 is 14.5 Å². The third-order valence-electron chi connectivity index (χ3n) is 6.48. The maximum atomic E-state index is 13.1. The molecule has 0 radical (unpaired) electrons. The first-order chi connectivity index (χ1) is 15.5. The number of aryl methyl sites for hydroxylation is 2. The van der Waals surface area contributed by atoms with Crippen molar-refractivity contribution in [1.29, 1.82) is 0 Å². The second-order valence-corrected chi connectivity index (χ2v) is 8.66. The van der Waals surface area contributed by atoms with Crippen LogP contribution in [-0.4, -0.2) is 64.4 Å². The van der Waals surface area contributed by atoms with Crippen LogP contribution >= 0.6 is 0 Å². The summed E-state index contributed by atoms with van der Waals surface area (Å²) in [4.78, 5) is 39.1. The molecular weight excluding hydrogens is 404 g/mol. The van der Waals surface area contributed by atoms with Crippen LogP contribution in [0.25, 0.3) is 0 Å². The molecule has 4 rings (SSSR count). The maximum Gasteiger partial charge on any atom is 0.257 e. The number of benzene rings is 1. The Kier molecular flexibility index (Phi) is 6.72. The van der Waals surface area contributed by atoms with Gasteiger partial charge in [-0.05, 0) is 52.2 Å². The van der Waals surface area contributed by atoms with Crippen molar-refractivity contribution in [2.24, 2.45) is 0 Å². The predicted octanol–water partition coefficient (Wildman–Crippen LogP) is 3.29. The van der Waals surface area contributed by atoms with E-state index in [0.29, 0.717) is 37.4 Å². The van der Waals surface area contributed by atoms with E-state index in [1.165, 1.54) is 0 Å². The average Bonchev–Trinajstić information content (AvgIpc) is 3.49. The van der Waals surface area contributed by atoms with E-state index in [2.05, 4.69) is 0 Å². The Morgan fingerprint density at radius 2 is 1.72 bits per heavy atom. The lowest BCUT2D eigenvalue weighted by molar-refractivity contribution is -0.129. The molecule has 7 heteroatoms. The number of amides is 2. The normalized spacial score (nSPS) is 18.3. The quantitative estimate of drug-likeness (QED) is 0.695. The fraction of sp³-hybridized carbons (Fsp3) is 0.520. The van der Waals surface area contributed by atoms with Gasteiger partial charge in [-0.3, -0.25) is 9.59 Å². The number of para-hydroxylation sites is 1. The van der Waals surface area contributed by atoms with E-state index >= 15 is 0 Å².